The molecule has 0 spiro atoms. The molecule has 0 bridgehead atoms. The molecule has 0 radical (unpaired) electrons. The molecule has 1 aromatic carbocycles. The summed E-state index contributed by atoms with van der Waals surface area (Å²) >= 11 is 0. The standard InChI is InChI=1S/C20H27N3O6S/c1-5-28-17-7-6-15(30(25,26)23-8-10-27-11-9-23)12-16(17)21-20(24)18-14(4)22-29-19(18)13(2)3/h6-7,12-13H,5,8-11H2,1-4H3,(H,21,24). The summed E-state index contributed by atoms with van der Waals surface area (Å²) in [5.74, 6) is 0.387. The average Bonchev–Trinajstić information content (AvgIpc) is 3.12. The summed E-state index contributed by atoms with van der Waals surface area (Å²) in [7, 11) is -3.72. The van der Waals surface area contributed by atoms with Crippen molar-refractivity contribution in [2.75, 3.05) is 38.2 Å². The first-order valence-corrected chi connectivity index (χ1v) is 11.3. The predicted octanol–water partition coefficient (Wildman–Crippen LogP) is 2.78. The lowest BCUT2D eigenvalue weighted by Gasteiger charge is -2.26. The number of sulfonamides is 1. The van der Waals surface area contributed by atoms with Crippen LogP contribution in [-0.2, 0) is 14.8 Å². The summed E-state index contributed by atoms with van der Waals surface area (Å²) in [6, 6.07) is 4.46. The average molecular weight is 438 g/mol. The van der Waals surface area contributed by atoms with Gasteiger partial charge in [0.05, 0.1) is 36.1 Å². The summed E-state index contributed by atoms with van der Waals surface area (Å²) in [6.07, 6.45) is 0. The Morgan fingerprint density at radius 1 is 1.30 bits per heavy atom. The molecular weight excluding hydrogens is 410 g/mol. The Labute approximate surface area is 176 Å². The Kier molecular flexibility index (Phi) is 6.79. The third-order valence-corrected chi connectivity index (χ3v) is 6.64. The van der Waals surface area contributed by atoms with Gasteiger partial charge in [-0.25, -0.2) is 8.42 Å². The molecule has 1 saturated heterocycles. The zero-order valence-corrected chi connectivity index (χ0v) is 18.4. The van der Waals surface area contributed by atoms with Crippen molar-refractivity contribution in [3.8, 4) is 5.75 Å². The fraction of sp³-hybridized carbons (Fsp3) is 0.500. The molecule has 1 N–H and O–H groups in total. The van der Waals surface area contributed by atoms with Crippen LogP contribution in [0.3, 0.4) is 0 Å². The van der Waals surface area contributed by atoms with E-state index in [0.29, 0.717) is 42.6 Å². The van der Waals surface area contributed by atoms with E-state index in [4.69, 9.17) is 14.0 Å². The lowest BCUT2D eigenvalue weighted by molar-refractivity contribution is 0.0730. The highest BCUT2D eigenvalue weighted by Gasteiger charge is 2.28. The van der Waals surface area contributed by atoms with E-state index in [2.05, 4.69) is 10.5 Å². The van der Waals surface area contributed by atoms with Crippen molar-refractivity contribution < 1.29 is 27.2 Å². The quantitative estimate of drug-likeness (QED) is 0.709. The smallest absolute Gasteiger partial charge is 0.261 e. The van der Waals surface area contributed by atoms with Gasteiger partial charge in [0.25, 0.3) is 5.91 Å². The largest absolute Gasteiger partial charge is 0.492 e. The van der Waals surface area contributed by atoms with Crippen LogP contribution in [0.4, 0.5) is 5.69 Å². The van der Waals surface area contributed by atoms with Gasteiger partial charge in [0.2, 0.25) is 10.0 Å². The lowest BCUT2D eigenvalue weighted by Crippen LogP contribution is -2.40. The maximum Gasteiger partial charge on any atom is 0.261 e. The van der Waals surface area contributed by atoms with Gasteiger partial charge in [0, 0.05) is 19.0 Å². The van der Waals surface area contributed by atoms with Gasteiger partial charge in [-0.2, -0.15) is 4.31 Å². The van der Waals surface area contributed by atoms with E-state index in [-0.39, 0.29) is 29.6 Å². The van der Waals surface area contributed by atoms with Crippen molar-refractivity contribution >= 4 is 21.6 Å². The molecule has 30 heavy (non-hydrogen) atoms. The fourth-order valence-corrected chi connectivity index (χ4v) is 4.66. The number of benzene rings is 1. The van der Waals surface area contributed by atoms with E-state index in [0.717, 1.165) is 0 Å². The third kappa shape index (κ3) is 4.50. The molecule has 3 rings (SSSR count). The van der Waals surface area contributed by atoms with Gasteiger partial charge in [-0.1, -0.05) is 19.0 Å². The van der Waals surface area contributed by atoms with Crippen molar-refractivity contribution in [2.45, 2.75) is 38.5 Å². The summed E-state index contributed by atoms with van der Waals surface area (Å²) in [5, 5.41) is 6.67. The molecule has 1 aliphatic rings. The van der Waals surface area contributed by atoms with Crippen molar-refractivity contribution in [1.82, 2.24) is 9.46 Å². The number of nitrogens with zero attached hydrogens (tertiary/aromatic N) is 2. The molecule has 0 saturated carbocycles. The molecule has 1 fully saturated rings. The van der Waals surface area contributed by atoms with E-state index in [1.807, 2.05) is 20.8 Å². The molecule has 2 heterocycles. The lowest BCUT2D eigenvalue weighted by atomic mass is 10.0. The van der Waals surface area contributed by atoms with Crippen LogP contribution in [0.1, 0.15) is 48.5 Å². The molecule has 2 aromatic rings. The minimum absolute atomic E-state index is 0.0358. The van der Waals surface area contributed by atoms with E-state index in [1.165, 1.54) is 16.4 Å². The van der Waals surface area contributed by atoms with Crippen molar-refractivity contribution in [3.05, 3.63) is 35.2 Å². The number of morpholine rings is 1. The molecule has 1 amide bonds. The summed E-state index contributed by atoms with van der Waals surface area (Å²) in [5.41, 5.74) is 1.08. The SMILES string of the molecule is CCOc1ccc(S(=O)(=O)N2CCOCC2)cc1NC(=O)c1c(C)noc1C(C)C. The second-order valence-corrected chi connectivity index (χ2v) is 9.16. The van der Waals surface area contributed by atoms with Crippen LogP contribution in [0, 0.1) is 6.92 Å². The first-order chi connectivity index (χ1) is 14.3. The number of aromatic nitrogens is 1. The second kappa shape index (κ2) is 9.15. The van der Waals surface area contributed by atoms with Crippen LogP contribution in [0.5, 0.6) is 5.75 Å². The summed E-state index contributed by atoms with van der Waals surface area (Å²) < 4.78 is 43.5. The number of hydrogen-bond acceptors (Lipinski definition) is 7. The molecule has 164 valence electrons. The fourth-order valence-electron chi connectivity index (χ4n) is 3.23. The summed E-state index contributed by atoms with van der Waals surface area (Å²) in [4.78, 5) is 13.1. The Morgan fingerprint density at radius 3 is 2.63 bits per heavy atom. The van der Waals surface area contributed by atoms with Gasteiger partial charge in [-0.3, -0.25) is 4.79 Å². The van der Waals surface area contributed by atoms with Crippen molar-refractivity contribution in [3.63, 3.8) is 0 Å². The van der Waals surface area contributed by atoms with E-state index in [1.54, 1.807) is 13.0 Å². The van der Waals surface area contributed by atoms with Crippen LogP contribution >= 0.6 is 0 Å². The van der Waals surface area contributed by atoms with Crippen LogP contribution in [-0.4, -0.2) is 56.7 Å². The Bertz CT molecular complexity index is 1010. The van der Waals surface area contributed by atoms with Crippen LogP contribution < -0.4 is 10.1 Å². The first kappa shape index (κ1) is 22.3. The molecule has 0 unspecified atom stereocenters. The third-order valence-electron chi connectivity index (χ3n) is 4.75. The number of anilines is 1. The number of amides is 1. The number of aryl methyl sites for hydroxylation is 1. The maximum atomic E-state index is 13.0. The zero-order chi connectivity index (χ0) is 21.9. The number of hydrogen-bond donors (Lipinski definition) is 1. The molecule has 1 aromatic heterocycles. The first-order valence-electron chi connectivity index (χ1n) is 9.88. The van der Waals surface area contributed by atoms with Crippen LogP contribution in [0.15, 0.2) is 27.6 Å². The minimum atomic E-state index is -3.72. The maximum absolute atomic E-state index is 13.0. The molecular formula is C20H27N3O6S. The predicted molar refractivity (Wildman–Crippen MR) is 110 cm³/mol. The van der Waals surface area contributed by atoms with Crippen molar-refractivity contribution in [2.24, 2.45) is 0 Å². The van der Waals surface area contributed by atoms with E-state index < -0.39 is 15.9 Å². The monoisotopic (exact) mass is 437 g/mol. The Morgan fingerprint density at radius 2 is 2.00 bits per heavy atom. The van der Waals surface area contributed by atoms with Gasteiger partial charge in [-0.05, 0) is 32.0 Å². The van der Waals surface area contributed by atoms with E-state index in [9.17, 15) is 13.2 Å². The highest BCUT2D eigenvalue weighted by atomic mass is 32.2. The van der Waals surface area contributed by atoms with Gasteiger partial charge >= 0.3 is 0 Å². The van der Waals surface area contributed by atoms with Crippen LogP contribution in [0.25, 0.3) is 0 Å². The van der Waals surface area contributed by atoms with Gasteiger partial charge in [-0.15, -0.1) is 0 Å². The second-order valence-electron chi connectivity index (χ2n) is 7.22. The number of rotatable bonds is 7. The number of carbonyl (C=O) groups excluding carboxylic acids is 1. The van der Waals surface area contributed by atoms with Gasteiger partial charge in [0.1, 0.15) is 11.3 Å². The number of ether oxygens (including phenoxy) is 2. The van der Waals surface area contributed by atoms with Gasteiger partial charge in [0.15, 0.2) is 5.76 Å². The molecule has 0 aliphatic carbocycles. The zero-order valence-electron chi connectivity index (χ0n) is 17.6. The topological polar surface area (TPSA) is 111 Å². The molecule has 1 aliphatic heterocycles. The summed E-state index contributed by atoms with van der Waals surface area (Å²) in [6.45, 7) is 8.94. The Balaban J connectivity index is 1.96. The molecule has 10 heteroatoms. The molecule has 9 nitrogen and oxygen atoms in total. The highest BCUT2D eigenvalue weighted by molar-refractivity contribution is 7.89. The van der Waals surface area contributed by atoms with Crippen LogP contribution in [0.2, 0.25) is 0 Å². The highest BCUT2D eigenvalue weighted by Crippen LogP contribution is 2.31. The van der Waals surface area contributed by atoms with E-state index >= 15 is 0 Å². The van der Waals surface area contributed by atoms with Crippen molar-refractivity contribution in [1.29, 1.82) is 0 Å². The number of nitrogens with one attached hydrogen (secondary N) is 1. The minimum Gasteiger partial charge on any atom is -0.492 e. The van der Waals surface area contributed by atoms with Gasteiger partial charge < -0.3 is 19.3 Å². The normalized spacial score (nSPS) is 15.4. The Hall–Kier alpha value is -2.43. The number of carbonyl (C=O) groups is 1. The molecule has 0 atom stereocenters.